The molecule has 0 saturated carbocycles. The third-order valence-corrected chi connectivity index (χ3v) is 6.65. The molecular formula is C24H30N6O. The molecule has 1 aromatic carbocycles. The first-order valence-corrected chi connectivity index (χ1v) is 11.2. The molecular weight excluding hydrogens is 388 g/mol. The molecule has 1 aliphatic heterocycles. The number of benzene rings is 1. The lowest BCUT2D eigenvalue weighted by Gasteiger charge is -2.34. The fraction of sp³-hybridized carbons (Fsp3) is 0.458. The molecule has 0 bridgehead atoms. The van der Waals surface area contributed by atoms with E-state index in [4.69, 9.17) is 4.98 Å². The van der Waals surface area contributed by atoms with Crippen LogP contribution in [0.15, 0.2) is 36.5 Å². The van der Waals surface area contributed by atoms with Gasteiger partial charge in [-0.2, -0.15) is 0 Å². The molecule has 3 heterocycles. The molecule has 1 aliphatic carbocycles. The second-order valence-electron chi connectivity index (χ2n) is 8.81. The molecule has 2 aromatic heterocycles. The molecule has 5 rings (SSSR count). The Morgan fingerprint density at radius 1 is 1.29 bits per heavy atom. The summed E-state index contributed by atoms with van der Waals surface area (Å²) in [4.78, 5) is 30.5. The molecule has 31 heavy (non-hydrogen) atoms. The Labute approximate surface area is 182 Å². The summed E-state index contributed by atoms with van der Waals surface area (Å²) in [5.74, 6) is 0.950. The molecule has 7 heteroatoms. The van der Waals surface area contributed by atoms with Gasteiger partial charge >= 0.3 is 0 Å². The number of carbonyl (C=O) groups excluding carboxylic acids is 1. The van der Waals surface area contributed by atoms with Gasteiger partial charge < -0.3 is 15.2 Å². The number of hydrogen-bond acceptors (Lipinski definition) is 5. The molecule has 0 radical (unpaired) electrons. The lowest BCUT2D eigenvalue weighted by Crippen LogP contribution is -2.52. The maximum atomic E-state index is 13.3. The van der Waals surface area contributed by atoms with Crippen LogP contribution in [0.1, 0.15) is 53.2 Å². The van der Waals surface area contributed by atoms with E-state index in [0.29, 0.717) is 18.2 Å². The molecule has 3 aromatic rings. The van der Waals surface area contributed by atoms with Gasteiger partial charge in [-0.1, -0.05) is 12.1 Å². The zero-order valence-corrected chi connectivity index (χ0v) is 18.3. The van der Waals surface area contributed by atoms with E-state index in [1.165, 1.54) is 17.7 Å². The van der Waals surface area contributed by atoms with Crippen molar-refractivity contribution in [1.82, 2.24) is 30.1 Å². The van der Waals surface area contributed by atoms with Crippen molar-refractivity contribution in [2.45, 2.75) is 44.8 Å². The first-order chi connectivity index (χ1) is 15.1. The number of aromatic amines is 1. The topological polar surface area (TPSA) is 77.2 Å². The minimum atomic E-state index is 0.0661. The third-order valence-electron chi connectivity index (χ3n) is 6.65. The second-order valence-corrected chi connectivity index (χ2v) is 8.81. The number of carbonyl (C=O) groups is 1. The van der Waals surface area contributed by atoms with E-state index in [0.717, 1.165) is 49.3 Å². The highest BCUT2D eigenvalue weighted by molar-refractivity contribution is 6.05. The van der Waals surface area contributed by atoms with Crippen molar-refractivity contribution in [3.05, 3.63) is 59.2 Å². The smallest absolute Gasteiger partial charge is 0.256 e. The first kappa shape index (κ1) is 20.2. The van der Waals surface area contributed by atoms with Crippen LogP contribution in [-0.2, 0) is 13.0 Å². The molecule has 2 aliphatic rings. The van der Waals surface area contributed by atoms with E-state index in [2.05, 4.69) is 40.2 Å². The average Bonchev–Trinajstić information content (AvgIpc) is 3.21. The van der Waals surface area contributed by atoms with Crippen molar-refractivity contribution in [3.63, 3.8) is 0 Å². The van der Waals surface area contributed by atoms with Gasteiger partial charge in [0.15, 0.2) is 0 Å². The van der Waals surface area contributed by atoms with Crippen molar-refractivity contribution in [1.29, 1.82) is 0 Å². The minimum Gasteiger partial charge on any atom is -0.341 e. The van der Waals surface area contributed by atoms with Crippen LogP contribution in [0.2, 0.25) is 0 Å². The lowest BCUT2D eigenvalue weighted by molar-refractivity contribution is 0.0657. The van der Waals surface area contributed by atoms with Crippen molar-refractivity contribution in [3.8, 4) is 0 Å². The summed E-state index contributed by atoms with van der Waals surface area (Å²) in [5.41, 5.74) is 4.91. The summed E-state index contributed by atoms with van der Waals surface area (Å²) in [5, 5.41) is 3.35. The highest BCUT2D eigenvalue weighted by Gasteiger charge is 2.28. The highest BCUT2D eigenvalue weighted by atomic mass is 16.2. The van der Waals surface area contributed by atoms with Gasteiger partial charge in [-0.25, -0.2) is 4.98 Å². The normalized spacial score (nSPS) is 21.5. The van der Waals surface area contributed by atoms with Crippen LogP contribution in [0.5, 0.6) is 0 Å². The largest absolute Gasteiger partial charge is 0.341 e. The van der Waals surface area contributed by atoms with E-state index in [1.54, 1.807) is 0 Å². The monoisotopic (exact) mass is 418 g/mol. The number of nitrogens with zero attached hydrogens (tertiary/aromatic N) is 4. The zero-order chi connectivity index (χ0) is 21.4. The van der Waals surface area contributed by atoms with Gasteiger partial charge in [0.25, 0.3) is 5.91 Å². The van der Waals surface area contributed by atoms with Crippen molar-refractivity contribution in [2.75, 3.05) is 26.7 Å². The van der Waals surface area contributed by atoms with Gasteiger partial charge in [0, 0.05) is 31.9 Å². The highest BCUT2D eigenvalue weighted by Crippen LogP contribution is 2.32. The predicted octanol–water partition coefficient (Wildman–Crippen LogP) is 2.90. The number of imidazole rings is 1. The van der Waals surface area contributed by atoms with Crippen molar-refractivity contribution in [2.24, 2.45) is 0 Å². The SMILES string of the molecule is CC1CNCCN1C(=O)c1cccc2[nH]c(CN(C)C3CCCc4cccnc43)nc12. The third kappa shape index (κ3) is 3.83. The number of aromatic nitrogens is 3. The predicted molar refractivity (Wildman–Crippen MR) is 121 cm³/mol. The molecule has 162 valence electrons. The summed E-state index contributed by atoms with van der Waals surface area (Å²) in [7, 11) is 2.14. The number of piperazine rings is 1. The molecule has 1 amide bonds. The number of aryl methyl sites for hydroxylation is 1. The molecule has 1 fully saturated rings. The number of H-pyrrole nitrogens is 1. The van der Waals surface area contributed by atoms with E-state index in [-0.39, 0.29) is 11.9 Å². The Hall–Kier alpha value is -2.77. The Morgan fingerprint density at radius 3 is 3.06 bits per heavy atom. The molecule has 2 atom stereocenters. The fourth-order valence-electron chi connectivity index (χ4n) is 4.99. The van der Waals surface area contributed by atoms with E-state index in [9.17, 15) is 4.79 Å². The first-order valence-electron chi connectivity index (χ1n) is 11.2. The number of pyridine rings is 1. The summed E-state index contributed by atoms with van der Waals surface area (Å²) < 4.78 is 0. The van der Waals surface area contributed by atoms with Gasteiger partial charge in [0.2, 0.25) is 0 Å². The Bertz CT molecular complexity index is 1090. The Morgan fingerprint density at radius 2 is 2.19 bits per heavy atom. The van der Waals surface area contributed by atoms with E-state index >= 15 is 0 Å². The maximum Gasteiger partial charge on any atom is 0.256 e. The summed E-state index contributed by atoms with van der Waals surface area (Å²) >= 11 is 0. The number of rotatable bonds is 4. The van der Waals surface area contributed by atoms with Crippen molar-refractivity contribution >= 4 is 16.9 Å². The van der Waals surface area contributed by atoms with Gasteiger partial charge in [0.05, 0.1) is 29.4 Å². The molecule has 2 unspecified atom stereocenters. The molecule has 1 saturated heterocycles. The van der Waals surface area contributed by atoms with Crippen LogP contribution < -0.4 is 5.32 Å². The molecule has 7 nitrogen and oxygen atoms in total. The second kappa shape index (κ2) is 8.40. The number of amides is 1. The van der Waals surface area contributed by atoms with Crippen LogP contribution in [0, 0.1) is 0 Å². The average molecular weight is 419 g/mol. The lowest BCUT2D eigenvalue weighted by atomic mass is 9.91. The van der Waals surface area contributed by atoms with Crippen LogP contribution in [0.3, 0.4) is 0 Å². The Balaban J connectivity index is 1.40. The van der Waals surface area contributed by atoms with Crippen molar-refractivity contribution < 1.29 is 4.79 Å². The van der Waals surface area contributed by atoms with E-state index < -0.39 is 0 Å². The summed E-state index contributed by atoms with van der Waals surface area (Å²) in [6.07, 6.45) is 5.27. The molecule has 2 N–H and O–H groups in total. The van der Waals surface area contributed by atoms with Gasteiger partial charge in [-0.05, 0) is 57.0 Å². The fourth-order valence-corrected chi connectivity index (χ4v) is 4.99. The van der Waals surface area contributed by atoms with Gasteiger partial charge in [-0.15, -0.1) is 0 Å². The van der Waals surface area contributed by atoms with Crippen LogP contribution >= 0.6 is 0 Å². The standard InChI is InChI=1S/C24H30N6O/c1-16-14-25-12-13-30(16)24(31)18-8-4-9-19-23(18)28-21(27-19)15-29(2)20-10-3-6-17-7-5-11-26-22(17)20/h4-5,7-9,11,16,20,25H,3,6,10,12-15H2,1-2H3,(H,27,28). The van der Waals surface area contributed by atoms with E-state index in [1.807, 2.05) is 35.4 Å². The zero-order valence-electron chi connectivity index (χ0n) is 18.3. The summed E-state index contributed by atoms with van der Waals surface area (Å²) in [6.45, 7) is 5.16. The quantitative estimate of drug-likeness (QED) is 0.681. The maximum absolute atomic E-state index is 13.3. The molecule has 0 spiro atoms. The number of nitrogens with one attached hydrogen (secondary N) is 2. The Kier molecular flexibility index (Phi) is 5.46. The van der Waals surface area contributed by atoms with Gasteiger partial charge in [-0.3, -0.25) is 14.7 Å². The number of fused-ring (bicyclic) bond motifs is 2. The van der Waals surface area contributed by atoms with Crippen LogP contribution in [0.25, 0.3) is 11.0 Å². The van der Waals surface area contributed by atoms with Gasteiger partial charge in [0.1, 0.15) is 11.3 Å². The van der Waals surface area contributed by atoms with Crippen LogP contribution in [0.4, 0.5) is 0 Å². The summed E-state index contributed by atoms with van der Waals surface area (Å²) in [6, 6.07) is 10.5. The minimum absolute atomic E-state index is 0.0661. The van der Waals surface area contributed by atoms with Crippen LogP contribution in [-0.4, -0.2) is 63.4 Å². The number of hydrogen-bond donors (Lipinski definition) is 2. The number of para-hydroxylation sites is 1.